The van der Waals surface area contributed by atoms with Gasteiger partial charge in [0.15, 0.2) is 0 Å². The van der Waals surface area contributed by atoms with Gasteiger partial charge in [0.25, 0.3) is 10.0 Å². The minimum atomic E-state index is -4.16. The molecule has 220 valence electrons. The molecule has 0 unspecified atom stereocenters. The molecule has 0 heterocycles. The van der Waals surface area contributed by atoms with Gasteiger partial charge >= 0.3 is 0 Å². The van der Waals surface area contributed by atoms with Gasteiger partial charge in [-0.15, -0.1) is 0 Å². The summed E-state index contributed by atoms with van der Waals surface area (Å²) in [4.78, 5) is 29.0. The Morgan fingerprint density at radius 2 is 1.49 bits per heavy atom. The van der Waals surface area contributed by atoms with Gasteiger partial charge in [-0.1, -0.05) is 48.9 Å². The fourth-order valence-electron chi connectivity index (χ4n) is 4.50. The Hall–Kier alpha value is -3.72. The Labute approximate surface area is 243 Å². The number of hydrogen-bond donors (Lipinski definition) is 1. The van der Waals surface area contributed by atoms with E-state index in [2.05, 4.69) is 5.32 Å². The number of carbonyl (C=O) groups excluding carboxylic acids is 2. The number of rotatable bonds is 10. The Morgan fingerprint density at radius 1 is 0.902 bits per heavy atom. The van der Waals surface area contributed by atoms with Crippen LogP contribution in [0, 0.1) is 26.6 Å². The van der Waals surface area contributed by atoms with Gasteiger partial charge in [0.1, 0.15) is 18.4 Å². The molecule has 0 saturated carbocycles. The van der Waals surface area contributed by atoms with Gasteiger partial charge in [-0.05, 0) is 95.0 Å². The standard InChI is InChI=1S/C32H40FN3O4S/c1-8-28(31(38)34-32(5,6)7)35(20-25-13-15-26(33)16-14-25)30(37)21-36(29-19-23(3)9-12-24(29)4)41(39,40)27-17-10-22(2)11-18-27/h9-19,28H,8,20-21H2,1-7H3,(H,34,38)/t28-/m1/s1. The van der Waals surface area contributed by atoms with Crippen LogP contribution >= 0.6 is 0 Å². The molecule has 0 aliphatic carbocycles. The number of nitrogens with zero attached hydrogens (tertiary/aromatic N) is 2. The monoisotopic (exact) mass is 581 g/mol. The highest BCUT2D eigenvalue weighted by Gasteiger charge is 2.35. The van der Waals surface area contributed by atoms with E-state index in [0.29, 0.717) is 23.2 Å². The first kappa shape index (κ1) is 31.8. The van der Waals surface area contributed by atoms with Crippen LogP contribution in [-0.4, -0.2) is 43.3 Å². The van der Waals surface area contributed by atoms with Crippen molar-refractivity contribution in [3.05, 3.63) is 94.8 Å². The molecule has 0 aliphatic heterocycles. The summed E-state index contributed by atoms with van der Waals surface area (Å²) in [6.07, 6.45) is 0.295. The molecule has 0 fully saturated rings. The van der Waals surface area contributed by atoms with Crippen LogP contribution in [0.4, 0.5) is 10.1 Å². The molecule has 3 rings (SSSR count). The summed E-state index contributed by atoms with van der Waals surface area (Å²) < 4.78 is 42.9. The first-order chi connectivity index (χ1) is 19.1. The van der Waals surface area contributed by atoms with Gasteiger partial charge in [0.2, 0.25) is 11.8 Å². The highest BCUT2D eigenvalue weighted by molar-refractivity contribution is 7.92. The zero-order valence-corrected chi connectivity index (χ0v) is 25.7. The summed E-state index contributed by atoms with van der Waals surface area (Å²) in [5, 5.41) is 2.94. The zero-order chi connectivity index (χ0) is 30.5. The highest BCUT2D eigenvalue weighted by Crippen LogP contribution is 2.29. The molecule has 0 aliphatic rings. The maximum Gasteiger partial charge on any atom is 0.264 e. The van der Waals surface area contributed by atoms with E-state index in [-0.39, 0.29) is 17.3 Å². The molecule has 1 atom stereocenters. The van der Waals surface area contributed by atoms with Crippen molar-refractivity contribution in [2.45, 2.75) is 77.9 Å². The fourth-order valence-corrected chi connectivity index (χ4v) is 5.97. The van der Waals surface area contributed by atoms with Crippen molar-refractivity contribution < 1.29 is 22.4 Å². The molecule has 3 aromatic carbocycles. The number of aryl methyl sites for hydroxylation is 3. The van der Waals surface area contributed by atoms with E-state index in [0.717, 1.165) is 15.4 Å². The molecule has 41 heavy (non-hydrogen) atoms. The van der Waals surface area contributed by atoms with Gasteiger partial charge in [-0.2, -0.15) is 0 Å². The summed E-state index contributed by atoms with van der Waals surface area (Å²) >= 11 is 0. The third-order valence-corrected chi connectivity index (χ3v) is 8.45. The summed E-state index contributed by atoms with van der Waals surface area (Å²) in [6, 6.07) is 16.7. The predicted octanol–water partition coefficient (Wildman–Crippen LogP) is 5.67. The Kier molecular flexibility index (Phi) is 9.97. The van der Waals surface area contributed by atoms with Gasteiger partial charge in [0.05, 0.1) is 10.6 Å². The summed E-state index contributed by atoms with van der Waals surface area (Å²) in [6.45, 7) is 12.3. The molecular weight excluding hydrogens is 541 g/mol. The maximum absolute atomic E-state index is 14.2. The minimum absolute atomic E-state index is 0.000399. The molecule has 1 N–H and O–H groups in total. The van der Waals surface area contributed by atoms with E-state index in [4.69, 9.17) is 0 Å². The maximum atomic E-state index is 14.2. The van der Waals surface area contributed by atoms with Crippen molar-refractivity contribution in [3.63, 3.8) is 0 Å². The zero-order valence-electron chi connectivity index (χ0n) is 24.9. The minimum Gasteiger partial charge on any atom is -0.350 e. The van der Waals surface area contributed by atoms with Crippen LogP contribution < -0.4 is 9.62 Å². The van der Waals surface area contributed by atoms with E-state index in [1.165, 1.54) is 29.2 Å². The van der Waals surface area contributed by atoms with Crippen LogP contribution in [-0.2, 0) is 26.2 Å². The van der Waals surface area contributed by atoms with Crippen molar-refractivity contribution in [2.24, 2.45) is 0 Å². The number of anilines is 1. The van der Waals surface area contributed by atoms with E-state index < -0.39 is 39.9 Å². The van der Waals surface area contributed by atoms with E-state index in [1.807, 2.05) is 46.8 Å². The third kappa shape index (κ3) is 8.16. The fraction of sp³-hybridized carbons (Fsp3) is 0.375. The molecule has 0 bridgehead atoms. The van der Waals surface area contributed by atoms with E-state index in [1.54, 1.807) is 44.2 Å². The molecule has 7 nitrogen and oxygen atoms in total. The van der Waals surface area contributed by atoms with Gasteiger partial charge < -0.3 is 10.2 Å². The smallest absolute Gasteiger partial charge is 0.264 e. The van der Waals surface area contributed by atoms with Crippen molar-refractivity contribution in [1.82, 2.24) is 10.2 Å². The second-order valence-electron chi connectivity index (χ2n) is 11.4. The highest BCUT2D eigenvalue weighted by atomic mass is 32.2. The number of nitrogens with one attached hydrogen (secondary N) is 1. The number of benzene rings is 3. The Balaban J connectivity index is 2.11. The SMILES string of the molecule is CC[C@H](C(=O)NC(C)(C)C)N(Cc1ccc(F)cc1)C(=O)CN(c1cc(C)ccc1C)S(=O)(=O)c1ccc(C)cc1. The summed E-state index contributed by atoms with van der Waals surface area (Å²) in [5.74, 6) is -1.33. The Morgan fingerprint density at radius 3 is 2.05 bits per heavy atom. The van der Waals surface area contributed by atoms with Crippen molar-refractivity contribution in [1.29, 1.82) is 0 Å². The number of carbonyl (C=O) groups is 2. The van der Waals surface area contributed by atoms with Crippen molar-refractivity contribution in [3.8, 4) is 0 Å². The van der Waals surface area contributed by atoms with E-state index in [9.17, 15) is 22.4 Å². The molecule has 2 amide bonds. The third-order valence-electron chi connectivity index (χ3n) is 6.67. The molecule has 9 heteroatoms. The van der Waals surface area contributed by atoms with Crippen LogP contribution in [0.2, 0.25) is 0 Å². The normalized spacial score (nSPS) is 12.5. The summed E-state index contributed by atoms with van der Waals surface area (Å²) in [7, 11) is -4.16. The second kappa shape index (κ2) is 12.9. The average Bonchev–Trinajstić information content (AvgIpc) is 2.89. The largest absolute Gasteiger partial charge is 0.350 e. The first-order valence-electron chi connectivity index (χ1n) is 13.6. The summed E-state index contributed by atoms with van der Waals surface area (Å²) in [5.41, 5.74) is 2.87. The molecular formula is C32H40FN3O4S. The molecule has 3 aromatic rings. The molecule has 0 radical (unpaired) electrons. The lowest BCUT2D eigenvalue weighted by Crippen LogP contribution is -2.55. The first-order valence-corrected chi connectivity index (χ1v) is 15.1. The molecule has 0 saturated heterocycles. The van der Waals surface area contributed by atoms with E-state index >= 15 is 0 Å². The average molecular weight is 582 g/mol. The second-order valence-corrected chi connectivity index (χ2v) is 13.3. The lowest BCUT2D eigenvalue weighted by Gasteiger charge is -2.35. The van der Waals surface area contributed by atoms with Crippen LogP contribution in [0.25, 0.3) is 0 Å². The quantitative estimate of drug-likeness (QED) is 0.334. The topological polar surface area (TPSA) is 86.8 Å². The lowest BCUT2D eigenvalue weighted by molar-refractivity contribution is -0.141. The number of sulfonamides is 1. The van der Waals surface area contributed by atoms with Gasteiger partial charge in [0, 0.05) is 12.1 Å². The number of halogens is 1. The van der Waals surface area contributed by atoms with Crippen LogP contribution in [0.15, 0.2) is 71.6 Å². The van der Waals surface area contributed by atoms with Gasteiger partial charge in [-0.3, -0.25) is 13.9 Å². The van der Waals surface area contributed by atoms with Crippen LogP contribution in [0.3, 0.4) is 0 Å². The Bertz CT molecular complexity index is 1480. The van der Waals surface area contributed by atoms with Crippen LogP contribution in [0.5, 0.6) is 0 Å². The number of hydrogen-bond acceptors (Lipinski definition) is 4. The predicted molar refractivity (Wildman–Crippen MR) is 161 cm³/mol. The van der Waals surface area contributed by atoms with Crippen molar-refractivity contribution >= 4 is 27.5 Å². The molecule has 0 aromatic heterocycles. The van der Waals surface area contributed by atoms with Crippen molar-refractivity contribution in [2.75, 3.05) is 10.8 Å². The number of amides is 2. The van der Waals surface area contributed by atoms with Crippen LogP contribution in [0.1, 0.15) is 56.4 Å². The molecule has 0 spiro atoms. The van der Waals surface area contributed by atoms with Gasteiger partial charge in [-0.25, -0.2) is 12.8 Å². The lowest BCUT2D eigenvalue weighted by atomic mass is 10.1.